The minimum atomic E-state index is -1.20. The fraction of sp³-hybridized carbons (Fsp3) is 0.0526. The number of rotatable bonds is 4. The number of carboxylic acids is 2. The van der Waals surface area contributed by atoms with Crippen LogP contribution in [-0.4, -0.2) is 38.9 Å². The number of carbonyl (C=O) groups excluding carboxylic acids is 2. The molecule has 0 saturated carbocycles. The molecular formula is C19H13NO8. The van der Waals surface area contributed by atoms with Crippen molar-refractivity contribution in [2.75, 3.05) is 0 Å². The predicted octanol–water partition coefficient (Wildman–Crippen LogP) is 2.75. The van der Waals surface area contributed by atoms with Crippen molar-refractivity contribution >= 4 is 23.8 Å². The number of aromatic carboxylic acids is 2. The van der Waals surface area contributed by atoms with Gasteiger partial charge in [-0.2, -0.15) is 0 Å². The van der Waals surface area contributed by atoms with Gasteiger partial charge in [0.1, 0.15) is 5.76 Å². The summed E-state index contributed by atoms with van der Waals surface area (Å²) in [6.45, 7) is -0.0837. The van der Waals surface area contributed by atoms with Crippen LogP contribution in [0.3, 0.4) is 0 Å². The van der Waals surface area contributed by atoms with Gasteiger partial charge >= 0.3 is 11.9 Å². The van der Waals surface area contributed by atoms with Crippen LogP contribution in [0.5, 0.6) is 0 Å². The normalized spacial score (nSPS) is 12.4. The topological polar surface area (TPSA) is 138 Å². The molecule has 0 saturated heterocycles. The van der Waals surface area contributed by atoms with Gasteiger partial charge in [0.15, 0.2) is 0 Å². The number of hydrogen-bond donors (Lipinski definition) is 2. The van der Waals surface area contributed by atoms with E-state index in [4.69, 9.17) is 14.6 Å². The second-order valence-corrected chi connectivity index (χ2v) is 5.60. The third kappa shape index (κ3) is 3.68. The van der Waals surface area contributed by atoms with E-state index in [1.165, 1.54) is 30.5 Å². The molecule has 2 amide bonds. The number of furan rings is 2. The van der Waals surface area contributed by atoms with E-state index < -0.39 is 23.8 Å². The molecule has 0 aliphatic carbocycles. The molecule has 0 bridgehead atoms. The summed E-state index contributed by atoms with van der Waals surface area (Å²) in [6, 6.07) is 12.2. The van der Waals surface area contributed by atoms with E-state index >= 15 is 0 Å². The van der Waals surface area contributed by atoms with Gasteiger partial charge in [0.2, 0.25) is 11.5 Å². The van der Waals surface area contributed by atoms with Gasteiger partial charge in [-0.15, -0.1) is 0 Å². The molecular weight excluding hydrogens is 370 g/mol. The molecule has 1 aliphatic rings. The van der Waals surface area contributed by atoms with E-state index in [9.17, 15) is 19.2 Å². The maximum absolute atomic E-state index is 12.1. The maximum Gasteiger partial charge on any atom is 0.371 e. The molecule has 0 fully saturated rings. The van der Waals surface area contributed by atoms with Gasteiger partial charge in [-0.05, 0) is 36.4 Å². The standard InChI is InChI=1S/C14H9NO5.C5H4O3/c16-12-9-3-1-2-4-10(9)13(17)15(12)7-8-5-6-11(20-8)14(18)19;6-5(7)4-2-1-3-8-4/h1-6H,7H2,(H,18,19);1-3H,(H,6,7). The molecule has 4 rings (SSSR count). The molecule has 1 aliphatic heterocycles. The van der Waals surface area contributed by atoms with Crippen molar-refractivity contribution in [2.45, 2.75) is 6.54 Å². The molecule has 3 aromatic rings. The van der Waals surface area contributed by atoms with Gasteiger partial charge in [0, 0.05) is 0 Å². The molecule has 3 heterocycles. The Bertz CT molecular complexity index is 1010. The Balaban J connectivity index is 0.000000236. The first kappa shape index (κ1) is 18.6. The third-order valence-corrected chi connectivity index (χ3v) is 3.80. The Hall–Kier alpha value is -4.14. The lowest BCUT2D eigenvalue weighted by Crippen LogP contribution is -2.28. The van der Waals surface area contributed by atoms with E-state index in [1.54, 1.807) is 24.3 Å². The van der Waals surface area contributed by atoms with Crippen molar-refractivity contribution in [2.24, 2.45) is 0 Å². The van der Waals surface area contributed by atoms with Crippen LogP contribution in [0.15, 0.2) is 63.6 Å². The highest BCUT2D eigenvalue weighted by Crippen LogP contribution is 2.24. The van der Waals surface area contributed by atoms with Crippen molar-refractivity contribution in [1.82, 2.24) is 4.90 Å². The number of carboxylic acid groups (broad SMARTS) is 2. The molecule has 0 radical (unpaired) electrons. The zero-order valence-corrected chi connectivity index (χ0v) is 14.2. The largest absolute Gasteiger partial charge is 0.475 e. The minimum Gasteiger partial charge on any atom is -0.475 e. The summed E-state index contributed by atoms with van der Waals surface area (Å²) >= 11 is 0. The highest BCUT2D eigenvalue weighted by Gasteiger charge is 2.35. The van der Waals surface area contributed by atoms with Gasteiger partial charge < -0.3 is 19.0 Å². The molecule has 28 heavy (non-hydrogen) atoms. The molecule has 2 aromatic heterocycles. The summed E-state index contributed by atoms with van der Waals surface area (Å²) in [5, 5.41) is 16.9. The minimum absolute atomic E-state index is 0.0231. The Kier molecular flexibility index (Phi) is 5.07. The lowest BCUT2D eigenvalue weighted by Gasteiger charge is -2.11. The van der Waals surface area contributed by atoms with Gasteiger partial charge in [0.05, 0.1) is 23.9 Å². The highest BCUT2D eigenvalue weighted by atomic mass is 16.4. The van der Waals surface area contributed by atoms with E-state index in [1.807, 2.05) is 0 Å². The number of benzene rings is 1. The first-order chi connectivity index (χ1) is 13.4. The fourth-order valence-electron chi connectivity index (χ4n) is 2.52. The molecule has 0 unspecified atom stereocenters. The first-order valence-corrected chi connectivity index (χ1v) is 7.92. The quantitative estimate of drug-likeness (QED) is 0.656. The second-order valence-electron chi connectivity index (χ2n) is 5.60. The van der Waals surface area contributed by atoms with Crippen molar-refractivity contribution in [3.8, 4) is 0 Å². The number of carbonyl (C=O) groups is 4. The summed E-state index contributed by atoms with van der Waals surface area (Å²) in [4.78, 5) is 45.9. The van der Waals surface area contributed by atoms with Gasteiger partial charge in [0.25, 0.3) is 11.8 Å². The van der Waals surface area contributed by atoms with Crippen LogP contribution in [0.25, 0.3) is 0 Å². The smallest absolute Gasteiger partial charge is 0.371 e. The van der Waals surface area contributed by atoms with Crippen molar-refractivity contribution < 1.29 is 38.2 Å². The number of amides is 2. The summed E-state index contributed by atoms with van der Waals surface area (Å²) in [7, 11) is 0. The number of fused-ring (bicyclic) bond motifs is 1. The predicted molar refractivity (Wildman–Crippen MR) is 92.0 cm³/mol. The van der Waals surface area contributed by atoms with Crippen LogP contribution in [0.4, 0.5) is 0 Å². The van der Waals surface area contributed by atoms with E-state index in [0.717, 1.165) is 4.90 Å². The van der Waals surface area contributed by atoms with Crippen LogP contribution in [0.2, 0.25) is 0 Å². The molecule has 0 atom stereocenters. The van der Waals surface area contributed by atoms with Crippen LogP contribution in [0.1, 0.15) is 47.6 Å². The van der Waals surface area contributed by atoms with E-state index in [0.29, 0.717) is 11.1 Å². The highest BCUT2D eigenvalue weighted by molar-refractivity contribution is 6.21. The summed E-state index contributed by atoms with van der Waals surface area (Å²) in [5.74, 6) is -3.04. The molecule has 2 N–H and O–H groups in total. The van der Waals surface area contributed by atoms with Crippen LogP contribution in [0, 0.1) is 0 Å². The molecule has 0 spiro atoms. The summed E-state index contributed by atoms with van der Waals surface area (Å²) in [5.41, 5.74) is 0.699. The van der Waals surface area contributed by atoms with Crippen LogP contribution in [-0.2, 0) is 6.54 Å². The molecule has 9 nitrogen and oxygen atoms in total. The first-order valence-electron chi connectivity index (χ1n) is 7.92. The Morgan fingerprint density at radius 2 is 1.43 bits per heavy atom. The SMILES string of the molecule is O=C(O)c1ccc(CN2C(=O)c3ccccc3C2=O)o1.O=C(O)c1ccco1. The Morgan fingerprint density at radius 3 is 1.86 bits per heavy atom. The zero-order valence-electron chi connectivity index (χ0n) is 14.2. The number of imide groups is 1. The van der Waals surface area contributed by atoms with E-state index in [2.05, 4.69) is 4.42 Å². The fourth-order valence-corrected chi connectivity index (χ4v) is 2.52. The maximum atomic E-state index is 12.1. The zero-order chi connectivity index (χ0) is 20.3. The molecule has 9 heteroatoms. The van der Waals surface area contributed by atoms with Crippen LogP contribution < -0.4 is 0 Å². The van der Waals surface area contributed by atoms with Crippen molar-refractivity contribution in [3.63, 3.8) is 0 Å². The lowest BCUT2D eigenvalue weighted by atomic mass is 10.1. The van der Waals surface area contributed by atoms with Crippen molar-refractivity contribution in [3.05, 3.63) is 83.2 Å². The van der Waals surface area contributed by atoms with Crippen molar-refractivity contribution in [1.29, 1.82) is 0 Å². The average molecular weight is 383 g/mol. The molecule has 142 valence electrons. The second kappa shape index (κ2) is 7.62. The third-order valence-electron chi connectivity index (χ3n) is 3.80. The summed E-state index contributed by atoms with van der Waals surface area (Å²) in [6.07, 6.45) is 1.32. The molecule has 1 aromatic carbocycles. The van der Waals surface area contributed by atoms with E-state index in [-0.39, 0.29) is 23.8 Å². The van der Waals surface area contributed by atoms with Gasteiger partial charge in [-0.3, -0.25) is 14.5 Å². The van der Waals surface area contributed by atoms with Gasteiger partial charge in [-0.1, -0.05) is 12.1 Å². The Morgan fingerprint density at radius 1 is 0.821 bits per heavy atom. The summed E-state index contributed by atoms with van der Waals surface area (Å²) < 4.78 is 9.55. The number of hydrogen-bond acceptors (Lipinski definition) is 6. The lowest BCUT2D eigenvalue weighted by molar-refractivity contribution is 0.0622. The Labute approximate surface area is 157 Å². The van der Waals surface area contributed by atoms with Gasteiger partial charge in [-0.25, -0.2) is 9.59 Å². The van der Waals surface area contributed by atoms with Crippen LogP contribution >= 0.6 is 0 Å². The monoisotopic (exact) mass is 383 g/mol. The number of nitrogens with zero attached hydrogens (tertiary/aromatic N) is 1. The average Bonchev–Trinajstić information content (AvgIpc) is 3.41.